The first-order valence-corrected chi connectivity index (χ1v) is 5.71. The lowest BCUT2D eigenvalue weighted by Crippen LogP contribution is -2.30. The number of benzene rings is 1. The molecule has 4 heteroatoms. The molecule has 2 rings (SSSR count). The van der Waals surface area contributed by atoms with Gasteiger partial charge in [0.2, 0.25) is 0 Å². The van der Waals surface area contributed by atoms with Crippen molar-refractivity contribution in [1.29, 1.82) is 0 Å². The lowest BCUT2D eigenvalue weighted by atomic mass is 10.0. The predicted molar refractivity (Wildman–Crippen MR) is 68.6 cm³/mol. The van der Waals surface area contributed by atoms with Crippen molar-refractivity contribution in [2.24, 2.45) is 0 Å². The number of nitrogens with one attached hydrogen (secondary N) is 1. The first-order chi connectivity index (χ1) is 7.59. The van der Waals surface area contributed by atoms with Crippen LogP contribution < -0.4 is 10.2 Å². The SMILES string of the molecule is CC(C)c1ccc(N2C(=O)CNC2=S)cc1. The molecule has 0 aliphatic carbocycles. The Morgan fingerprint density at radius 1 is 1.31 bits per heavy atom. The quantitative estimate of drug-likeness (QED) is 0.795. The second-order valence-electron chi connectivity index (χ2n) is 4.13. The van der Waals surface area contributed by atoms with Crippen LogP contribution in [0.4, 0.5) is 5.69 Å². The molecule has 84 valence electrons. The molecular formula is C12H14N2OS. The fourth-order valence-electron chi connectivity index (χ4n) is 1.69. The molecule has 0 radical (unpaired) electrons. The second kappa shape index (κ2) is 4.22. The maximum Gasteiger partial charge on any atom is 0.252 e. The molecule has 1 aliphatic rings. The fourth-order valence-corrected chi connectivity index (χ4v) is 1.97. The van der Waals surface area contributed by atoms with Crippen LogP contribution in [0.2, 0.25) is 0 Å². The van der Waals surface area contributed by atoms with Gasteiger partial charge in [-0.2, -0.15) is 0 Å². The van der Waals surface area contributed by atoms with Gasteiger partial charge in [-0.25, -0.2) is 0 Å². The minimum atomic E-state index is 0.00213. The summed E-state index contributed by atoms with van der Waals surface area (Å²) in [7, 11) is 0. The Morgan fingerprint density at radius 3 is 2.38 bits per heavy atom. The Kier molecular flexibility index (Phi) is 2.92. The van der Waals surface area contributed by atoms with E-state index in [1.165, 1.54) is 5.56 Å². The van der Waals surface area contributed by atoms with E-state index in [-0.39, 0.29) is 5.91 Å². The molecule has 0 aromatic heterocycles. The number of thiocarbonyl (C=S) groups is 1. The normalized spacial score (nSPS) is 15.8. The summed E-state index contributed by atoms with van der Waals surface area (Å²) < 4.78 is 0. The molecule has 1 aromatic rings. The molecule has 3 nitrogen and oxygen atoms in total. The maximum absolute atomic E-state index is 11.6. The van der Waals surface area contributed by atoms with Gasteiger partial charge < -0.3 is 5.32 Å². The zero-order chi connectivity index (χ0) is 11.7. The monoisotopic (exact) mass is 234 g/mol. The van der Waals surface area contributed by atoms with Crippen molar-refractivity contribution in [2.75, 3.05) is 11.4 Å². The molecule has 1 saturated heterocycles. The van der Waals surface area contributed by atoms with Crippen LogP contribution in [0.3, 0.4) is 0 Å². The Morgan fingerprint density at radius 2 is 1.94 bits per heavy atom. The molecule has 0 unspecified atom stereocenters. The molecule has 0 saturated carbocycles. The van der Waals surface area contributed by atoms with E-state index in [0.29, 0.717) is 17.6 Å². The van der Waals surface area contributed by atoms with Gasteiger partial charge in [0.15, 0.2) is 5.11 Å². The van der Waals surface area contributed by atoms with E-state index in [0.717, 1.165) is 5.69 Å². The number of carbonyl (C=O) groups is 1. The Hall–Kier alpha value is -1.42. The summed E-state index contributed by atoms with van der Waals surface area (Å²) in [4.78, 5) is 13.1. The molecule has 1 aliphatic heterocycles. The standard InChI is InChI=1S/C12H14N2OS/c1-8(2)9-3-5-10(6-4-9)14-11(15)7-13-12(14)16/h3-6,8H,7H2,1-2H3,(H,13,16). The third-order valence-corrected chi connectivity index (χ3v) is 2.99. The average Bonchev–Trinajstić information content (AvgIpc) is 2.59. The average molecular weight is 234 g/mol. The van der Waals surface area contributed by atoms with Crippen LogP contribution in [-0.2, 0) is 4.79 Å². The molecule has 0 bridgehead atoms. The molecule has 1 N–H and O–H groups in total. The van der Waals surface area contributed by atoms with E-state index < -0.39 is 0 Å². The molecule has 1 aromatic carbocycles. The maximum atomic E-state index is 11.6. The minimum Gasteiger partial charge on any atom is -0.353 e. The Labute approximate surface area is 100 Å². The molecule has 16 heavy (non-hydrogen) atoms. The highest BCUT2D eigenvalue weighted by Gasteiger charge is 2.26. The summed E-state index contributed by atoms with van der Waals surface area (Å²) in [6, 6.07) is 7.95. The van der Waals surface area contributed by atoms with Crippen molar-refractivity contribution in [3.05, 3.63) is 29.8 Å². The smallest absolute Gasteiger partial charge is 0.252 e. The highest BCUT2D eigenvalue weighted by atomic mass is 32.1. The second-order valence-corrected chi connectivity index (χ2v) is 4.52. The van der Waals surface area contributed by atoms with Crippen molar-refractivity contribution >= 4 is 28.9 Å². The van der Waals surface area contributed by atoms with Gasteiger partial charge in [0.1, 0.15) is 0 Å². The zero-order valence-electron chi connectivity index (χ0n) is 9.36. The lowest BCUT2D eigenvalue weighted by Gasteiger charge is -2.15. The zero-order valence-corrected chi connectivity index (χ0v) is 10.2. The molecule has 0 spiro atoms. The van der Waals surface area contributed by atoms with Gasteiger partial charge in [-0.05, 0) is 35.8 Å². The van der Waals surface area contributed by atoms with Crippen molar-refractivity contribution in [3.63, 3.8) is 0 Å². The van der Waals surface area contributed by atoms with Gasteiger partial charge in [0.05, 0.1) is 12.2 Å². The summed E-state index contributed by atoms with van der Waals surface area (Å²) in [6.07, 6.45) is 0. The van der Waals surface area contributed by atoms with Crippen molar-refractivity contribution in [1.82, 2.24) is 5.32 Å². The van der Waals surface area contributed by atoms with Gasteiger partial charge in [-0.15, -0.1) is 0 Å². The van der Waals surface area contributed by atoms with Gasteiger partial charge in [0.25, 0.3) is 5.91 Å². The van der Waals surface area contributed by atoms with E-state index in [2.05, 4.69) is 19.2 Å². The number of amides is 1. The number of rotatable bonds is 2. The third-order valence-electron chi connectivity index (χ3n) is 2.66. The van der Waals surface area contributed by atoms with Crippen molar-refractivity contribution in [2.45, 2.75) is 19.8 Å². The van der Waals surface area contributed by atoms with E-state index in [4.69, 9.17) is 12.2 Å². The van der Waals surface area contributed by atoms with Crippen molar-refractivity contribution < 1.29 is 4.79 Å². The predicted octanol–water partition coefficient (Wildman–Crippen LogP) is 2.03. The van der Waals surface area contributed by atoms with Crippen LogP contribution in [0.25, 0.3) is 0 Å². The first kappa shape index (κ1) is 11.1. The van der Waals surface area contributed by atoms with Gasteiger partial charge in [-0.1, -0.05) is 26.0 Å². The fraction of sp³-hybridized carbons (Fsp3) is 0.333. The number of carbonyl (C=O) groups excluding carboxylic acids is 1. The van der Waals surface area contributed by atoms with Crippen LogP contribution >= 0.6 is 12.2 Å². The molecule has 0 atom stereocenters. The number of anilines is 1. The molecule has 1 fully saturated rings. The highest BCUT2D eigenvalue weighted by Crippen LogP contribution is 2.21. The first-order valence-electron chi connectivity index (χ1n) is 5.30. The van der Waals surface area contributed by atoms with E-state index in [9.17, 15) is 4.79 Å². The lowest BCUT2D eigenvalue weighted by molar-refractivity contribution is -0.115. The van der Waals surface area contributed by atoms with E-state index >= 15 is 0 Å². The van der Waals surface area contributed by atoms with Gasteiger partial charge in [-0.3, -0.25) is 9.69 Å². The molecular weight excluding hydrogens is 220 g/mol. The Balaban J connectivity index is 2.28. The topological polar surface area (TPSA) is 32.3 Å². The summed E-state index contributed by atoms with van der Waals surface area (Å²) in [6.45, 7) is 4.58. The highest BCUT2D eigenvalue weighted by molar-refractivity contribution is 7.80. The van der Waals surface area contributed by atoms with E-state index in [1.54, 1.807) is 4.90 Å². The van der Waals surface area contributed by atoms with Crippen LogP contribution in [0.15, 0.2) is 24.3 Å². The van der Waals surface area contributed by atoms with Gasteiger partial charge in [0, 0.05) is 0 Å². The summed E-state index contributed by atoms with van der Waals surface area (Å²) >= 11 is 5.08. The minimum absolute atomic E-state index is 0.00213. The number of hydrogen-bond donors (Lipinski definition) is 1. The number of nitrogens with zero attached hydrogens (tertiary/aromatic N) is 1. The molecule has 1 heterocycles. The van der Waals surface area contributed by atoms with Gasteiger partial charge >= 0.3 is 0 Å². The van der Waals surface area contributed by atoms with Crippen molar-refractivity contribution in [3.8, 4) is 0 Å². The van der Waals surface area contributed by atoms with Crippen LogP contribution in [0.5, 0.6) is 0 Å². The third kappa shape index (κ3) is 1.93. The van der Waals surface area contributed by atoms with Crippen LogP contribution in [-0.4, -0.2) is 17.6 Å². The van der Waals surface area contributed by atoms with E-state index in [1.807, 2.05) is 24.3 Å². The summed E-state index contributed by atoms with van der Waals surface area (Å²) in [5.41, 5.74) is 2.10. The van der Waals surface area contributed by atoms with Crippen LogP contribution in [0, 0.1) is 0 Å². The number of hydrogen-bond acceptors (Lipinski definition) is 2. The summed E-state index contributed by atoms with van der Waals surface area (Å²) in [5, 5.41) is 3.35. The summed E-state index contributed by atoms with van der Waals surface area (Å²) in [5.74, 6) is 0.496. The molecule has 1 amide bonds. The largest absolute Gasteiger partial charge is 0.353 e. The Bertz CT molecular complexity index is 409. The van der Waals surface area contributed by atoms with Crippen LogP contribution in [0.1, 0.15) is 25.3 Å².